The molecule has 2 fully saturated rings. The molecule has 3 rings (SSSR count). The van der Waals surface area contributed by atoms with Crippen LogP contribution in [-0.2, 0) is 14.9 Å². The minimum atomic E-state index is 0.0112. The van der Waals surface area contributed by atoms with Crippen LogP contribution in [0.3, 0.4) is 0 Å². The van der Waals surface area contributed by atoms with E-state index in [9.17, 15) is 4.79 Å². The minimum Gasteiger partial charge on any atom is -0.381 e. The molecule has 0 spiro atoms. The first-order valence-electron chi connectivity index (χ1n) is 10.2. The van der Waals surface area contributed by atoms with Crippen molar-refractivity contribution in [3.8, 4) is 0 Å². The van der Waals surface area contributed by atoms with Crippen LogP contribution < -0.4 is 10.6 Å². The molecule has 0 radical (unpaired) electrons. The van der Waals surface area contributed by atoms with E-state index in [4.69, 9.17) is 4.74 Å². The highest BCUT2D eigenvalue weighted by Gasteiger charge is 2.36. The maximum Gasteiger partial charge on any atom is 0.220 e. The number of nitrogens with one attached hydrogen (secondary N) is 2. The van der Waals surface area contributed by atoms with Gasteiger partial charge in [-0.15, -0.1) is 0 Å². The zero-order valence-electron chi connectivity index (χ0n) is 16.4. The van der Waals surface area contributed by atoms with Gasteiger partial charge < -0.3 is 15.4 Å². The summed E-state index contributed by atoms with van der Waals surface area (Å²) < 4.78 is 5.62. The van der Waals surface area contributed by atoms with Crippen molar-refractivity contribution < 1.29 is 9.53 Å². The van der Waals surface area contributed by atoms with Crippen LogP contribution in [0, 0.1) is 18.8 Å². The molecule has 4 nitrogen and oxygen atoms in total. The Hall–Kier alpha value is -1.39. The second-order valence-electron chi connectivity index (χ2n) is 8.25. The molecule has 26 heavy (non-hydrogen) atoms. The lowest BCUT2D eigenvalue weighted by atomic mass is 9.72. The number of carbonyl (C=O) groups excluding carboxylic acids is 1. The smallest absolute Gasteiger partial charge is 0.220 e. The summed E-state index contributed by atoms with van der Waals surface area (Å²) in [6, 6.07) is 8.60. The fraction of sp³-hybridized carbons (Fsp3) is 0.682. The van der Waals surface area contributed by atoms with E-state index in [0.717, 1.165) is 45.7 Å². The SMILES string of the molecule is Cc1ccccc1C1(CNC(=O)CC(C)C2CCNCC2)CCOCC1. The Labute approximate surface area is 158 Å². The number of hydrogen-bond donors (Lipinski definition) is 2. The number of hydrogen-bond acceptors (Lipinski definition) is 3. The maximum absolute atomic E-state index is 12.6. The Balaban J connectivity index is 1.61. The predicted molar refractivity (Wildman–Crippen MR) is 105 cm³/mol. The fourth-order valence-corrected chi connectivity index (χ4v) is 4.68. The van der Waals surface area contributed by atoms with Crippen molar-refractivity contribution in [1.82, 2.24) is 10.6 Å². The average Bonchev–Trinajstić information content (AvgIpc) is 2.68. The summed E-state index contributed by atoms with van der Waals surface area (Å²) >= 11 is 0. The molecule has 144 valence electrons. The molecular formula is C22H34N2O2. The molecule has 2 N–H and O–H groups in total. The molecular weight excluding hydrogens is 324 g/mol. The topological polar surface area (TPSA) is 50.4 Å². The Morgan fingerprint density at radius 1 is 1.27 bits per heavy atom. The zero-order chi connectivity index (χ0) is 18.4. The molecule has 0 aliphatic carbocycles. The van der Waals surface area contributed by atoms with E-state index in [-0.39, 0.29) is 11.3 Å². The van der Waals surface area contributed by atoms with Gasteiger partial charge in [-0.3, -0.25) is 4.79 Å². The van der Waals surface area contributed by atoms with E-state index in [2.05, 4.69) is 48.7 Å². The van der Waals surface area contributed by atoms with Crippen LogP contribution >= 0.6 is 0 Å². The monoisotopic (exact) mass is 358 g/mol. The number of carbonyl (C=O) groups is 1. The van der Waals surface area contributed by atoms with Crippen molar-refractivity contribution in [2.45, 2.75) is 51.4 Å². The maximum atomic E-state index is 12.6. The van der Waals surface area contributed by atoms with Crippen LogP contribution in [0.2, 0.25) is 0 Å². The Morgan fingerprint density at radius 3 is 2.65 bits per heavy atom. The lowest BCUT2D eigenvalue weighted by Gasteiger charge is -2.39. The minimum absolute atomic E-state index is 0.0112. The molecule has 0 aromatic heterocycles. The number of benzene rings is 1. The van der Waals surface area contributed by atoms with Gasteiger partial charge in [0.25, 0.3) is 0 Å². The third kappa shape index (κ3) is 4.66. The highest BCUT2D eigenvalue weighted by molar-refractivity contribution is 5.76. The first-order chi connectivity index (χ1) is 12.6. The quantitative estimate of drug-likeness (QED) is 0.821. The molecule has 2 aliphatic rings. The van der Waals surface area contributed by atoms with Crippen LogP contribution in [-0.4, -0.2) is 38.8 Å². The first-order valence-corrected chi connectivity index (χ1v) is 10.2. The summed E-state index contributed by atoms with van der Waals surface area (Å²) in [5.41, 5.74) is 2.69. The second-order valence-corrected chi connectivity index (χ2v) is 8.25. The first kappa shape index (κ1) is 19.4. The summed E-state index contributed by atoms with van der Waals surface area (Å²) in [6.45, 7) is 8.86. The number of aryl methyl sites for hydroxylation is 1. The molecule has 0 bridgehead atoms. The van der Waals surface area contributed by atoms with Crippen LogP contribution in [0.15, 0.2) is 24.3 Å². The zero-order valence-corrected chi connectivity index (χ0v) is 16.4. The van der Waals surface area contributed by atoms with Gasteiger partial charge in [0.15, 0.2) is 0 Å². The van der Waals surface area contributed by atoms with E-state index in [0.29, 0.717) is 18.3 Å². The largest absolute Gasteiger partial charge is 0.381 e. The molecule has 2 aliphatic heterocycles. The predicted octanol–water partition coefficient (Wildman–Crippen LogP) is 3.19. The molecule has 1 aromatic rings. The van der Waals surface area contributed by atoms with E-state index >= 15 is 0 Å². The van der Waals surface area contributed by atoms with Crippen molar-refractivity contribution in [1.29, 1.82) is 0 Å². The van der Waals surface area contributed by atoms with E-state index in [1.165, 1.54) is 24.0 Å². The van der Waals surface area contributed by atoms with Crippen molar-refractivity contribution in [3.05, 3.63) is 35.4 Å². The summed E-state index contributed by atoms with van der Waals surface area (Å²) in [5, 5.41) is 6.69. The van der Waals surface area contributed by atoms with E-state index < -0.39 is 0 Å². The normalized spacial score (nSPS) is 21.9. The molecule has 0 saturated carbocycles. The fourth-order valence-electron chi connectivity index (χ4n) is 4.68. The molecule has 1 amide bonds. The number of piperidine rings is 1. The highest BCUT2D eigenvalue weighted by Crippen LogP contribution is 2.36. The van der Waals surface area contributed by atoms with Gasteiger partial charge in [-0.2, -0.15) is 0 Å². The standard InChI is InChI=1S/C22H34N2O2/c1-17-5-3-4-6-20(17)22(9-13-26-14-10-22)16-24-21(25)15-18(2)19-7-11-23-12-8-19/h3-6,18-19,23H,7-16H2,1-2H3,(H,24,25). The Morgan fingerprint density at radius 2 is 1.96 bits per heavy atom. The van der Waals surface area contributed by atoms with E-state index in [1.54, 1.807) is 0 Å². The molecule has 4 heteroatoms. The third-order valence-corrected chi connectivity index (χ3v) is 6.49. The second kappa shape index (κ2) is 9.01. The van der Waals surface area contributed by atoms with Crippen molar-refractivity contribution in [2.75, 3.05) is 32.8 Å². The van der Waals surface area contributed by atoms with Gasteiger partial charge in [-0.1, -0.05) is 31.2 Å². The van der Waals surface area contributed by atoms with Crippen molar-refractivity contribution in [3.63, 3.8) is 0 Å². The summed E-state index contributed by atoms with van der Waals surface area (Å²) in [7, 11) is 0. The number of ether oxygens (including phenoxy) is 1. The van der Waals surface area contributed by atoms with Gasteiger partial charge in [-0.05, 0) is 68.7 Å². The summed E-state index contributed by atoms with van der Waals surface area (Å²) in [6.07, 6.45) is 4.98. The molecule has 2 heterocycles. The number of rotatable bonds is 6. The van der Waals surface area contributed by atoms with Crippen LogP contribution in [0.25, 0.3) is 0 Å². The van der Waals surface area contributed by atoms with Crippen molar-refractivity contribution >= 4 is 5.91 Å². The van der Waals surface area contributed by atoms with Gasteiger partial charge in [0.05, 0.1) is 0 Å². The van der Waals surface area contributed by atoms with Crippen molar-refractivity contribution in [2.24, 2.45) is 11.8 Å². The molecule has 2 saturated heterocycles. The van der Waals surface area contributed by atoms with Crippen LogP contribution in [0.4, 0.5) is 0 Å². The molecule has 1 atom stereocenters. The number of amides is 1. The highest BCUT2D eigenvalue weighted by atomic mass is 16.5. The molecule has 1 unspecified atom stereocenters. The van der Waals surface area contributed by atoms with Crippen LogP contribution in [0.5, 0.6) is 0 Å². The van der Waals surface area contributed by atoms with Gasteiger partial charge in [0, 0.05) is 31.6 Å². The van der Waals surface area contributed by atoms with Gasteiger partial charge in [0.1, 0.15) is 0 Å². The van der Waals surface area contributed by atoms with Gasteiger partial charge in [0.2, 0.25) is 5.91 Å². The lowest BCUT2D eigenvalue weighted by molar-refractivity contribution is -0.122. The average molecular weight is 359 g/mol. The summed E-state index contributed by atoms with van der Waals surface area (Å²) in [4.78, 5) is 12.6. The Kier molecular flexibility index (Phi) is 6.71. The Bertz CT molecular complexity index is 590. The summed E-state index contributed by atoms with van der Waals surface area (Å²) in [5.74, 6) is 1.34. The van der Waals surface area contributed by atoms with E-state index in [1.807, 2.05) is 0 Å². The third-order valence-electron chi connectivity index (χ3n) is 6.49. The van der Waals surface area contributed by atoms with Gasteiger partial charge in [-0.25, -0.2) is 0 Å². The van der Waals surface area contributed by atoms with Crippen LogP contribution in [0.1, 0.15) is 50.2 Å². The molecule has 1 aromatic carbocycles. The van der Waals surface area contributed by atoms with Gasteiger partial charge >= 0.3 is 0 Å². The lowest BCUT2D eigenvalue weighted by Crippen LogP contribution is -2.45.